The van der Waals surface area contributed by atoms with Gasteiger partial charge >= 0.3 is 6.03 Å². The number of carbonyl (C=O) groups excluding carboxylic acids is 2. The third-order valence-electron chi connectivity index (χ3n) is 5.00. The minimum Gasteiger partial charge on any atom is -0.451 e. The predicted octanol–water partition coefficient (Wildman–Crippen LogP) is 3.22. The molecule has 1 fully saturated rings. The molecule has 1 aliphatic rings. The Morgan fingerprint density at radius 1 is 0.966 bits per heavy atom. The molecule has 7 nitrogen and oxygen atoms in total. The molecule has 1 aromatic heterocycles. The van der Waals surface area contributed by atoms with Crippen molar-refractivity contribution >= 4 is 28.6 Å². The van der Waals surface area contributed by atoms with Crippen LogP contribution in [0.5, 0.6) is 0 Å². The Balaban J connectivity index is 1.34. The molecule has 0 spiro atoms. The van der Waals surface area contributed by atoms with Gasteiger partial charge in [0.15, 0.2) is 11.2 Å². The number of urea groups is 1. The molecular weight excluding hydrogens is 370 g/mol. The molecule has 0 unspecified atom stereocenters. The number of hydrogen-bond donors (Lipinski definition) is 2. The zero-order chi connectivity index (χ0) is 20.2. The maximum Gasteiger partial charge on any atom is 0.321 e. The zero-order valence-electron chi connectivity index (χ0n) is 15.8. The molecule has 0 aliphatic carbocycles. The van der Waals surface area contributed by atoms with Gasteiger partial charge in [-0.05, 0) is 37.1 Å². The minimum absolute atomic E-state index is 0.00190. The van der Waals surface area contributed by atoms with Crippen molar-refractivity contribution in [1.82, 2.24) is 10.2 Å². The summed E-state index contributed by atoms with van der Waals surface area (Å²) < 4.78 is 5.59. The van der Waals surface area contributed by atoms with Gasteiger partial charge in [-0.3, -0.25) is 9.59 Å². The molecule has 3 amide bonds. The number of nitrogens with zero attached hydrogens (tertiary/aromatic N) is 1. The molecule has 29 heavy (non-hydrogen) atoms. The lowest BCUT2D eigenvalue weighted by molar-refractivity contribution is 0.0891. The van der Waals surface area contributed by atoms with Gasteiger partial charge in [0, 0.05) is 30.9 Å². The third kappa shape index (κ3) is 4.29. The van der Waals surface area contributed by atoms with Crippen LogP contribution in [-0.2, 0) is 0 Å². The Kier molecular flexibility index (Phi) is 5.29. The summed E-state index contributed by atoms with van der Waals surface area (Å²) in [4.78, 5) is 38.8. The third-order valence-corrected chi connectivity index (χ3v) is 5.00. The number of anilines is 1. The maximum absolute atomic E-state index is 12.5. The molecular formula is C22H21N3O4. The van der Waals surface area contributed by atoms with Gasteiger partial charge in [-0.25, -0.2) is 4.79 Å². The van der Waals surface area contributed by atoms with E-state index in [0.717, 1.165) is 5.69 Å². The molecule has 0 saturated carbocycles. The van der Waals surface area contributed by atoms with Crippen LogP contribution < -0.4 is 16.1 Å². The van der Waals surface area contributed by atoms with E-state index in [1.165, 1.54) is 6.07 Å². The summed E-state index contributed by atoms with van der Waals surface area (Å²) in [6.07, 6.45) is 1.26. The second kappa shape index (κ2) is 8.18. The van der Waals surface area contributed by atoms with Crippen LogP contribution in [0.15, 0.2) is 69.9 Å². The molecule has 0 bridgehead atoms. The number of amides is 3. The van der Waals surface area contributed by atoms with Gasteiger partial charge in [-0.1, -0.05) is 30.3 Å². The summed E-state index contributed by atoms with van der Waals surface area (Å²) >= 11 is 0. The van der Waals surface area contributed by atoms with Crippen molar-refractivity contribution < 1.29 is 14.0 Å². The van der Waals surface area contributed by atoms with Crippen molar-refractivity contribution in [3.63, 3.8) is 0 Å². The minimum atomic E-state index is -0.417. The van der Waals surface area contributed by atoms with E-state index in [9.17, 15) is 14.4 Å². The second-order valence-corrected chi connectivity index (χ2v) is 7.00. The molecule has 0 radical (unpaired) electrons. The molecule has 1 aliphatic heterocycles. The highest BCUT2D eigenvalue weighted by atomic mass is 16.3. The average Bonchev–Trinajstić information content (AvgIpc) is 2.75. The fourth-order valence-corrected chi connectivity index (χ4v) is 3.42. The Morgan fingerprint density at radius 3 is 2.41 bits per heavy atom. The molecule has 4 rings (SSSR count). The van der Waals surface area contributed by atoms with Crippen LogP contribution in [0.1, 0.15) is 23.4 Å². The summed E-state index contributed by atoms with van der Waals surface area (Å²) in [5.74, 6) is -0.419. The molecule has 0 atom stereocenters. The van der Waals surface area contributed by atoms with Gasteiger partial charge in [0.2, 0.25) is 0 Å². The number of benzene rings is 2. The van der Waals surface area contributed by atoms with Crippen LogP contribution in [0.2, 0.25) is 0 Å². The summed E-state index contributed by atoms with van der Waals surface area (Å²) in [6.45, 7) is 1.07. The number of rotatable bonds is 3. The quantitative estimate of drug-likeness (QED) is 0.717. The first-order chi connectivity index (χ1) is 14.1. The Hall–Kier alpha value is -3.61. The van der Waals surface area contributed by atoms with Crippen LogP contribution >= 0.6 is 0 Å². The summed E-state index contributed by atoms with van der Waals surface area (Å²) in [7, 11) is 0. The van der Waals surface area contributed by atoms with E-state index in [1.807, 2.05) is 30.3 Å². The second-order valence-electron chi connectivity index (χ2n) is 7.00. The highest BCUT2D eigenvalue weighted by Crippen LogP contribution is 2.15. The number of hydrogen-bond acceptors (Lipinski definition) is 4. The van der Waals surface area contributed by atoms with E-state index >= 15 is 0 Å². The maximum atomic E-state index is 12.5. The number of carbonyl (C=O) groups is 2. The lowest BCUT2D eigenvalue weighted by Gasteiger charge is -2.32. The largest absolute Gasteiger partial charge is 0.451 e. The van der Waals surface area contributed by atoms with E-state index in [2.05, 4.69) is 10.6 Å². The Labute approximate surface area is 167 Å². The smallest absolute Gasteiger partial charge is 0.321 e. The zero-order valence-corrected chi connectivity index (χ0v) is 15.8. The van der Waals surface area contributed by atoms with Crippen molar-refractivity contribution in [2.45, 2.75) is 18.9 Å². The first-order valence-corrected chi connectivity index (χ1v) is 9.55. The fourth-order valence-electron chi connectivity index (χ4n) is 3.42. The molecule has 3 aromatic rings. The normalized spacial score (nSPS) is 14.6. The van der Waals surface area contributed by atoms with Crippen molar-refractivity contribution in [3.8, 4) is 0 Å². The first-order valence-electron chi connectivity index (χ1n) is 9.55. The summed E-state index contributed by atoms with van der Waals surface area (Å²) in [5, 5.41) is 6.22. The SMILES string of the molecule is O=C(NC1CCN(C(=O)Nc2ccccc2)CC1)c1cc(=O)c2ccccc2o1. The molecule has 7 heteroatoms. The number of nitrogens with one attached hydrogen (secondary N) is 2. The molecule has 148 valence electrons. The first kappa shape index (κ1) is 18.7. The number of fused-ring (bicyclic) bond motifs is 1. The van der Waals surface area contributed by atoms with Gasteiger partial charge < -0.3 is 20.0 Å². The van der Waals surface area contributed by atoms with Gasteiger partial charge in [0.1, 0.15) is 5.58 Å². The van der Waals surface area contributed by atoms with E-state index in [4.69, 9.17) is 4.42 Å². The van der Waals surface area contributed by atoms with Gasteiger partial charge in [0.05, 0.1) is 5.39 Å². The number of para-hydroxylation sites is 2. The number of piperidine rings is 1. The van der Waals surface area contributed by atoms with Crippen molar-refractivity contribution in [2.75, 3.05) is 18.4 Å². The van der Waals surface area contributed by atoms with Crippen molar-refractivity contribution in [3.05, 3.63) is 76.6 Å². The molecule has 2 N–H and O–H groups in total. The summed E-state index contributed by atoms with van der Waals surface area (Å²) in [6, 6.07) is 17.1. The Bertz CT molecular complexity index is 1090. The van der Waals surface area contributed by atoms with Gasteiger partial charge in [-0.15, -0.1) is 0 Å². The van der Waals surface area contributed by atoms with Crippen LogP contribution in [0.3, 0.4) is 0 Å². The lowest BCUT2D eigenvalue weighted by Crippen LogP contribution is -2.47. The highest BCUT2D eigenvalue weighted by molar-refractivity contribution is 5.93. The fraction of sp³-hybridized carbons (Fsp3) is 0.227. The van der Waals surface area contributed by atoms with E-state index in [-0.39, 0.29) is 23.3 Å². The van der Waals surface area contributed by atoms with Crippen molar-refractivity contribution in [1.29, 1.82) is 0 Å². The van der Waals surface area contributed by atoms with Crippen LogP contribution in [0, 0.1) is 0 Å². The van der Waals surface area contributed by atoms with Gasteiger partial charge in [-0.2, -0.15) is 0 Å². The molecule has 2 aromatic carbocycles. The topological polar surface area (TPSA) is 91.7 Å². The van der Waals surface area contributed by atoms with E-state index in [1.54, 1.807) is 29.2 Å². The molecule has 2 heterocycles. The van der Waals surface area contributed by atoms with Crippen LogP contribution in [0.25, 0.3) is 11.0 Å². The highest BCUT2D eigenvalue weighted by Gasteiger charge is 2.25. The Morgan fingerprint density at radius 2 is 1.66 bits per heavy atom. The van der Waals surface area contributed by atoms with E-state index < -0.39 is 5.91 Å². The lowest BCUT2D eigenvalue weighted by atomic mass is 10.1. The number of likely N-dealkylation sites (tertiary alicyclic amines) is 1. The van der Waals surface area contributed by atoms with Gasteiger partial charge in [0.25, 0.3) is 5.91 Å². The van der Waals surface area contributed by atoms with Crippen LogP contribution in [0.4, 0.5) is 10.5 Å². The van der Waals surface area contributed by atoms with Crippen molar-refractivity contribution in [2.24, 2.45) is 0 Å². The van der Waals surface area contributed by atoms with Crippen LogP contribution in [-0.4, -0.2) is 36.0 Å². The monoisotopic (exact) mass is 391 g/mol. The standard InChI is InChI=1S/C22H21N3O4/c26-18-14-20(29-19-9-5-4-8-17(18)19)21(27)23-16-10-12-25(13-11-16)22(28)24-15-6-2-1-3-7-15/h1-9,14,16H,10-13H2,(H,23,27)(H,24,28). The average molecular weight is 391 g/mol. The molecule has 1 saturated heterocycles. The van der Waals surface area contributed by atoms with E-state index in [0.29, 0.717) is 36.9 Å². The summed E-state index contributed by atoms with van der Waals surface area (Å²) in [5.41, 5.74) is 0.890. The predicted molar refractivity (Wildman–Crippen MR) is 110 cm³/mol.